The second kappa shape index (κ2) is 7.10. The molecule has 0 aromatic heterocycles. The first kappa shape index (κ1) is 15.4. The number of esters is 1. The molecule has 0 aromatic rings. The smallest absolute Gasteiger partial charge is 0.320 e. The van der Waals surface area contributed by atoms with Crippen molar-refractivity contribution in [2.75, 3.05) is 32.8 Å². The van der Waals surface area contributed by atoms with E-state index in [4.69, 9.17) is 4.74 Å². The summed E-state index contributed by atoms with van der Waals surface area (Å²) in [5.41, 5.74) is 0.309. The highest BCUT2D eigenvalue weighted by atomic mass is 16.5. The highest BCUT2D eigenvalue weighted by Gasteiger charge is 2.22. The zero-order valence-corrected chi connectivity index (χ0v) is 12.3. The van der Waals surface area contributed by atoms with Gasteiger partial charge in [0.1, 0.15) is 0 Å². The van der Waals surface area contributed by atoms with Gasteiger partial charge in [0, 0.05) is 19.1 Å². The van der Waals surface area contributed by atoms with E-state index in [1.807, 2.05) is 6.92 Å². The van der Waals surface area contributed by atoms with Crippen LogP contribution in [0.15, 0.2) is 0 Å². The molecule has 0 radical (unpaired) electrons. The predicted molar refractivity (Wildman–Crippen MR) is 73.6 cm³/mol. The minimum Gasteiger partial charge on any atom is -0.465 e. The summed E-state index contributed by atoms with van der Waals surface area (Å²) in [4.78, 5) is 13.6. The van der Waals surface area contributed by atoms with Crippen LogP contribution in [0, 0.1) is 5.41 Å². The number of hydrogen-bond donors (Lipinski definition) is 1. The Labute approximate surface area is 111 Å². The molecule has 0 bridgehead atoms. The van der Waals surface area contributed by atoms with E-state index in [2.05, 4.69) is 31.0 Å². The van der Waals surface area contributed by atoms with Gasteiger partial charge in [-0.05, 0) is 31.7 Å². The number of rotatable bonds is 5. The fourth-order valence-corrected chi connectivity index (χ4v) is 2.21. The van der Waals surface area contributed by atoms with Crippen molar-refractivity contribution in [3.63, 3.8) is 0 Å². The molecule has 4 heteroatoms. The minimum absolute atomic E-state index is 0.103. The molecule has 1 rings (SSSR count). The third-order valence-corrected chi connectivity index (χ3v) is 3.08. The Bertz CT molecular complexity index is 261. The molecule has 0 aliphatic carbocycles. The summed E-state index contributed by atoms with van der Waals surface area (Å²) in [6, 6.07) is 0.507. The summed E-state index contributed by atoms with van der Waals surface area (Å²) in [5, 5.41) is 3.60. The standard InChI is InChI=1S/C14H28N2O2/c1-5-18-13(17)10-16-8-6-7-12(9-16)15-11-14(2,3)4/h12,15H,5-11H2,1-4H3. The molecular weight excluding hydrogens is 228 g/mol. The van der Waals surface area contributed by atoms with Crippen LogP contribution in [0.4, 0.5) is 0 Å². The van der Waals surface area contributed by atoms with Crippen LogP contribution in [0.5, 0.6) is 0 Å². The van der Waals surface area contributed by atoms with Crippen LogP contribution in [0.25, 0.3) is 0 Å². The van der Waals surface area contributed by atoms with Crippen LogP contribution >= 0.6 is 0 Å². The molecule has 0 amide bonds. The molecular formula is C14H28N2O2. The molecule has 1 saturated heterocycles. The number of hydrogen-bond acceptors (Lipinski definition) is 4. The molecule has 18 heavy (non-hydrogen) atoms. The molecule has 1 atom stereocenters. The first-order valence-corrected chi connectivity index (χ1v) is 7.02. The van der Waals surface area contributed by atoms with Crippen LogP contribution in [0.3, 0.4) is 0 Å². The molecule has 106 valence electrons. The number of nitrogens with zero attached hydrogens (tertiary/aromatic N) is 1. The molecule has 1 aliphatic heterocycles. The summed E-state index contributed by atoms with van der Waals surface area (Å²) in [5.74, 6) is -0.103. The molecule has 1 unspecified atom stereocenters. The summed E-state index contributed by atoms with van der Waals surface area (Å²) in [6.45, 7) is 12.4. The van der Waals surface area contributed by atoms with E-state index in [9.17, 15) is 4.79 Å². The number of carbonyl (C=O) groups excluding carboxylic acids is 1. The molecule has 4 nitrogen and oxygen atoms in total. The van der Waals surface area contributed by atoms with Crippen molar-refractivity contribution >= 4 is 5.97 Å². The fourth-order valence-electron chi connectivity index (χ4n) is 2.21. The van der Waals surface area contributed by atoms with Gasteiger partial charge in [0.25, 0.3) is 0 Å². The molecule has 0 spiro atoms. The van der Waals surface area contributed by atoms with E-state index in [1.165, 1.54) is 6.42 Å². The average molecular weight is 256 g/mol. The van der Waals surface area contributed by atoms with Crippen molar-refractivity contribution in [3.05, 3.63) is 0 Å². The van der Waals surface area contributed by atoms with Gasteiger partial charge in [-0.3, -0.25) is 9.69 Å². The van der Waals surface area contributed by atoms with Crippen molar-refractivity contribution in [2.45, 2.75) is 46.6 Å². The van der Waals surface area contributed by atoms with Crippen molar-refractivity contribution in [1.29, 1.82) is 0 Å². The van der Waals surface area contributed by atoms with E-state index >= 15 is 0 Å². The maximum absolute atomic E-state index is 11.5. The Hall–Kier alpha value is -0.610. The third-order valence-electron chi connectivity index (χ3n) is 3.08. The van der Waals surface area contributed by atoms with Gasteiger partial charge in [-0.1, -0.05) is 20.8 Å². The van der Waals surface area contributed by atoms with E-state index in [-0.39, 0.29) is 5.97 Å². The Morgan fingerprint density at radius 3 is 2.78 bits per heavy atom. The fraction of sp³-hybridized carbons (Fsp3) is 0.929. The van der Waals surface area contributed by atoms with E-state index in [1.54, 1.807) is 0 Å². The van der Waals surface area contributed by atoms with Crippen LogP contribution in [-0.2, 0) is 9.53 Å². The Balaban J connectivity index is 2.30. The van der Waals surface area contributed by atoms with Gasteiger partial charge >= 0.3 is 5.97 Å². The molecule has 1 aliphatic rings. The maximum Gasteiger partial charge on any atom is 0.320 e. The first-order chi connectivity index (χ1) is 8.40. The van der Waals surface area contributed by atoms with E-state index < -0.39 is 0 Å². The summed E-state index contributed by atoms with van der Waals surface area (Å²) >= 11 is 0. The maximum atomic E-state index is 11.5. The number of likely N-dealkylation sites (tertiary alicyclic amines) is 1. The third kappa shape index (κ3) is 6.36. The van der Waals surface area contributed by atoms with Crippen LogP contribution in [-0.4, -0.2) is 49.7 Å². The number of ether oxygens (including phenoxy) is 1. The first-order valence-electron chi connectivity index (χ1n) is 7.02. The summed E-state index contributed by atoms with van der Waals surface area (Å²) in [7, 11) is 0. The van der Waals surface area contributed by atoms with Crippen molar-refractivity contribution in [3.8, 4) is 0 Å². The second-order valence-corrected chi connectivity index (χ2v) is 6.32. The predicted octanol–water partition coefficient (Wildman–Crippen LogP) is 1.65. The largest absolute Gasteiger partial charge is 0.465 e. The lowest BCUT2D eigenvalue weighted by molar-refractivity contribution is -0.144. The van der Waals surface area contributed by atoms with Gasteiger partial charge in [0.15, 0.2) is 0 Å². The molecule has 1 N–H and O–H groups in total. The molecule has 1 heterocycles. The van der Waals surface area contributed by atoms with Crippen molar-refractivity contribution in [1.82, 2.24) is 10.2 Å². The number of nitrogens with one attached hydrogen (secondary N) is 1. The lowest BCUT2D eigenvalue weighted by atomic mass is 9.95. The van der Waals surface area contributed by atoms with Gasteiger partial charge in [-0.2, -0.15) is 0 Å². The van der Waals surface area contributed by atoms with Crippen molar-refractivity contribution in [2.24, 2.45) is 5.41 Å². The lowest BCUT2D eigenvalue weighted by Crippen LogP contribution is -2.49. The van der Waals surface area contributed by atoms with Crippen LogP contribution in [0.1, 0.15) is 40.5 Å². The SMILES string of the molecule is CCOC(=O)CN1CCCC(NCC(C)(C)C)C1. The van der Waals surface area contributed by atoms with Gasteiger partial charge in [0.05, 0.1) is 13.2 Å². The zero-order chi connectivity index (χ0) is 13.6. The number of carbonyl (C=O) groups is 1. The van der Waals surface area contributed by atoms with E-state index in [0.717, 1.165) is 26.1 Å². The average Bonchev–Trinajstić information content (AvgIpc) is 2.26. The van der Waals surface area contributed by atoms with Gasteiger partial charge in [0.2, 0.25) is 0 Å². The highest BCUT2D eigenvalue weighted by Crippen LogP contribution is 2.14. The van der Waals surface area contributed by atoms with Crippen molar-refractivity contribution < 1.29 is 9.53 Å². The Kier molecular flexibility index (Phi) is 6.09. The molecule has 1 fully saturated rings. The highest BCUT2D eigenvalue weighted by molar-refractivity contribution is 5.71. The molecule has 0 aromatic carbocycles. The second-order valence-electron chi connectivity index (χ2n) is 6.32. The zero-order valence-electron chi connectivity index (χ0n) is 12.3. The van der Waals surface area contributed by atoms with Gasteiger partial charge in [-0.15, -0.1) is 0 Å². The minimum atomic E-state index is -0.103. The summed E-state index contributed by atoms with van der Waals surface area (Å²) in [6.07, 6.45) is 2.36. The van der Waals surface area contributed by atoms with E-state index in [0.29, 0.717) is 24.6 Å². The van der Waals surface area contributed by atoms with Gasteiger partial charge < -0.3 is 10.1 Å². The summed E-state index contributed by atoms with van der Waals surface area (Å²) < 4.78 is 4.99. The quantitative estimate of drug-likeness (QED) is 0.760. The normalized spacial score (nSPS) is 21.9. The van der Waals surface area contributed by atoms with Gasteiger partial charge in [-0.25, -0.2) is 0 Å². The van der Waals surface area contributed by atoms with Crippen LogP contribution in [0.2, 0.25) is 0 Å². The monoisotopic (exact) mass is 256 g/mol. The molecule has 0 saturated carbocycles. The Morgan fingerprint density at radius 1 is 1.44 bits per heavy atom. The topological polar surface area (TPSA) is 41.6 Å². The lowest BCUT2D eigenvalue weighted by Gasteiger charge is -2.34. The van der Waals surface area contributed by atoms with Crippen LogP contribution < -0.4 is 5.32 Å². The Morgan fingerprint density at radius 2 is 2.17 bits per heavy atom. The number of piperidine rings is 1.